The Kier molecular flexibility index (Phi) is 7.57. The van der Waals surface area contributed by atoms with Gasteiger partial charge in [0.05, 0.1) is 12.1 Å². The Balaban J connectivity index is 2.01. The van der Waals surface area contributed by atoms with E-state index in [4.69, 9.17) is 5.11 Å². The van der Waals surface area contributed by atoms with Crippen molar-refractivity contribution in [1.29, 1.82) is 0 Å². The molecule has 0 aromatic heterocycles. The maximum Gasteiger partial charge on any atom is 0.315 e. The number of aliphatic hydroxyl groups excluding tert-OH is 1. The second kappa shape index (κ2) is 9.45. The smallest absolute Gasteiger partial charge is 0.315 e. The molecule has 26 heavy (non-hydrogen) atoms. The van der Waals surface area contributed by atoms with Crippen LogP contribution < -0.4 is 16.0 Å². The Labute approximate surface area is 157 Å². The van der Waals surface area contributed by atoms with E-state index in [0.29, 0.717) is 31.4 Å². The molecule has 9 heteroatoms. The summed E-state index contributed by atoms with van der Waals surface area (Å²) in [6, 6.07) is -0.769. The van der Waals surface area contributed by atoms with Gasteiger partial charge in [-0.2, -0.15) is 0 Å². The molecule has 148 valence electrons. The third-order valence-corrected chi connectivity index (χ3v) is 6.66. The maximum atomic E-state index is 13.0. The predicted molar refractivity (Wildman–Crippen MR) is 98.8 cm³/mol. The number of hydrogen-bond donors (Lipinski definition) is 5. The number of carbonyl (C=O) groups excluding carboxylic acids is 2. The van der Waals surface area contributed by atoms with Crippen LogP contribution in [-0.2, 0) is 9.59 Å². The summed E-state index contributed by atoms with van der Waals surface area (Å²) in [7, 11) is 0. The van der Waals surface area contributed by atoms with Gasteiger partial charge in [0.2, 0.25) is 5.91 Å². The lowest BCUT2D eigenvalue weighted by molar-refractivity contribution is -0.137. The van der Waals surface area contributed by atoms with Crippen LogP contribution in [0.15, 0.2) is 0 Å². The van der Waals surface area contributed by atoms with Gasteiger partial charge in [0, 0.05) is 12.2 Å². The highest BCUT2D eigenvalue weighted by Crippen LogP contribution is 2.44. The molecule has 2 aliphatic rings. The van der Waals surface area contributed by atoms with Gasteiger partial charge in [-0.15, -0.1) is 11.8 Å². The first kappa shape index (κ1) is 20.8. The highest BCUT2D eigenvalue weighted by molar-refractivity contribution is 8.01. The van der Waals surface area contributed by atoms with Crippen LogP contribution in [0.4, 0.5) is 4.79 Å². The Morgan fingerprint density at radius 2 is 2.08 bits per heavy atom. The monoisotopic (exact) mass is 387 g/mol. The summed E-state index contributed by atoms with van der Waals surface area (Å²) in [4.78, 5) is 35.4. The van der Waals surface area contributed by atoms with Crippen molar-refractivity contribution in [3.8, 4) is 0 Å². The number of hydrogen-bond acceptors (Lipinski definition) is 5. The zero-order valence-electron chi connectivity index (χ0n) is 15.1. The van der Waals surface area contributed by atoms with E-state index >= 15 is 0 Å². The first-order valence-electron chi connectivity index (χ1n) is 9.31. The summed E-state index contributed by atoms with van der Waals surface area (Å²) in [6.45, 7) is 2.07. The van der Waals surface area contributed by atoms with Crippen LogP contribution in [0.3, 0.4) is 0 Å². The maximum absolute atomic E-state index is 13.0. The fraction of sp³-hybridized carbons (Fsp3) is 0.824. The van der Waals surface area contributed by atoms with Gasteiger partial charge >= 0.3 is 12.0 Å². The summed E-state index contributed by atoms with van der Waals surface area (Å²) in [5.41, 5.74) is 0. The number of carboxylic acids is 1. The molecule has 2 rings (SSSR count). The molecule has 4 atom stereocenters. The predicted octanol–water partition coefficient (Wildman–Crippen LogP) is 1.18. The summed E-state index contributed by atoms with van der Waals surface area (Å²) in [5, 5.41) is 27.3. The lowest BCUT2D eigenvalue weighted by Crippen LogP contribution is -2.57. The van der Waals surface area contributed by atoms with Crippen LogP contribution in [0.2, 0.25) is 0 Å². The van der Waals surface area contributed by atoms with Gasteiger partial charge in [0.15, 0.2) is 0 Å². The number of unbranched alkanes of at least 4 members (excludes halogenated alkanes) is 3. The van der Waals surface area contributed by atoms with Crippen molar-refractivity contribution >= 4 is 29.7 Å². The molecular formula is C17H29N3O5S. The number of amides is 3. The number of aliphatic hydroxyl groups is 1. The summed E-state index contributed by atoms with van der Waals surface area (Å²) in [6.07, 6.45) is 4.01. The SMILES string of the molecule is CCCCCC(O)NC(=O)[C@@]1(CCCCC(=O)O)SC[C@@H]2NC(=O)N[C@@H]21. The number of carboxylic acid groups (broad SMARTS) is 1. The number of urea groups is 1. The van der Waals surface area contributed by atoms with Crippen LogP contribution in [0, 0.1) is 0 Å². The molecular weight excluding hydrogens is 358 g/mol. The average molecular weight is 388 g/mol. The lowest BCUT2D eigenvalue weighted by atomic mass is 9.88. The van der Waals surface area contributed by atoms with Crippen LogP contribution in [0.1, 0.15) is 58.3 Å². The fourth-order valence-electron chi connectivity index (χ4n) is 3.59. The van der Waals surface area contributed by atoms with E-state index in [1.54, 1.807) is 0 Å². The molecule has 2 saturated heterocycles. The molecule has 2 fully saturated rings. The average Bonchev–Trinajstić information content (AvgIpc) is 3.10. The van der Waals surface area contributed by atoms with Gasteiger partial charge in [-0.1, -0.05) is 26.2 Å². The third-order valence-electron chi connectivity index (χ3n) is 4.98. The van der Waals surface area contributed by atoms with Gasteiger partial charge in [-0.05, 0) is 25.7 Å². The summed E-state index contributed by atoms with van der Waals surface area (Å²) in [5.74, 6) is -0.525. The van der Waals surface area contributed by atoms with Crippen molar-refractivity contribution in [2.45, 2.75) is 81.3 Å². The largest absolute Gasteiger partial charge is 0.481 e. The normalized spacial score (nSPS) is 28.2. The molecule has 0 radical (unpaired) electrons. The minimum absolute atomic E-state index is 0.0563. The van der Waals surface area contributed by atoms with Gasteiger partial charge < -0.3 is 26.2 Å². The van der Waals surface area contributed by atoms with Crippen molar-refractivity contribution < 1.29 is 24.6 Å². The summed E-state index contributed by atoms with van der Waals surface area (Å²) >= 11 is 1.47. The highest BCUT2D eigenvalue weighted by Gasteiger charge is 2.57. The van der Waals surface area contributed by atoms with Crippen LogP contribution in [0.5, 0.6) is 0 Å². The molecule has 2 heterocycles. The Morgan fingerprint density at radius 3 is 2.77 bits per heavy atom. The molecule has 0 saturated carbocycles. The number of carbonyl (C=O) groups is 3. The second-order valence-corrected chi connectivity index (χ2v) is 8.34. The highest BCUT2D eigenvalue weighted by atomic mass is 32.2. The molecule has 8 nitrogen and oxygen atoms in total. The molecule has 1 unspecified atom stereocenters. The van der Waals surface area contributed by atoms with Crippen molar-refractivity contribution in [2.75, 3.05) is 5.75 Å². The second-order valence-electron chi connectivity index (χ2n) is 6.99. The van der Waals surface area contributed by atoms with Crippen molar-refractivity contribution in [3.63, 3.8) is 0 Å². The van der Waals surface area contributed by atoms with Gasteiger partial charge in [-0.3, -0.25) is 9.59 Å². The number of aliphatic carboxylic acids is 1. The lowest BCUT2D eigenvalue weighted by Gasteiger charge is -2.33. The number of nitrogens with one attached hydrogen (secondary N) is 3. The van der Waals surface area contributed by atoms with E-state index in [1.165, 1.54) is 11.8 Å². The minimum Gasteiger partial charge on any atom is -0.481 e. The fourth-order valence-corrected chi connectivity index (χ4v) is 5.22. The van der Waals surface area contributed by atoms with E-state index in [-0.39, 0.29) is 30.4 Å². The van der Waals surface area contributed by atoms with Crippen molar-refractivity contribution in [1.82, 2.24) is 16.0 Å². The van der Waals surface area contributed by atoms with Crippen molar-refractivity contribution in [3.05, 3.63) is 0 Å². The zero-order chi connectivity index (χ0) is 19.2. The van der Waals surface area contributed by atoms with Crippen LogP contribution in [-0.4, -0.2) is 56.9 Å². The first-order valence-corrected chi connectivity index (χ1v) is 10.3. The van der Waals surface area contributed by atoms with Crippen LogP contribution in [0.25, 0.3) is 0 Å². The number of fused-ring (bicyclic) bond motifs is 1. The van der Waals surface area contributed by atoms with E-state index in [0.717, 1.165) is 19.3 Å². The molecule has 0 spiro atoms. The van der Waals surface area contributed by atoms with Crippen molar-refractivity contribution in [2.24, 2.45) is 0 Å². The van der Waals surface area contributed by atoms with E-state index < -0.39 is 16.9 Å². The first-order chi connectivity index (χ1) is 12.4. The Bertz CT molecular complexity index is 533. The molecule has 0 aliphatic carbocycles. The van der Waals surface area contributed by atoms with E-state index in [9.17, 15) is 19.5 Å². The van der Waals surface area contributed by atoms with Gasteiger partial charge in [0.1, 0.15) is 11.0 Å². The molecule has 5 N–H and O–H groups in total. The molecule has 0 aromatic carbocycles. The zero-order valence-corrected chi connectivity index (χ0v) is 15.9. The quantitative estimate of drug-likeness (QED) is 0.206. The number of thioether (sulfide) groups is 1. The number of rotatable bonds is 11. The molecule has 0 bridgehead atoms. The molecule has 3 amide bonds. The van der Waals surface area contributed by atoms with Gasteiger partial charge in [0.25, 0.3) is 0 Å². The third kappa shape index (κ3) is 5.03. The van der Waals surface area contributed by atoms with Gasteiger partial charge in [-0.25, -0.2) is 4.79 Å². The topological polar surface area (TPSA) is 128 Å². The molecule has 0 aromatic rings. The Hall–Kier alpha value is -1.48. The minimum atomic E-state index is -0.908. The van der Waals surface area contributed by atoms with E-state index in [2.05, 4.69) is 22.9 Å². The van der Waals surface area contributed by atoms with Crippen LogP contribution >= 0.6 is 11.8 Å². The van der Waals surface area contributed by atoms with E-state index in [1.807, 2.05) is 0 Å². The summed E-state index contributed by atoms with van der Waals surface area (Å²) < 4.78 is -0.881. The Morgan fingerprint density at radius 1 is 1.31 bits per heavy atom. The molecule has 2 aliphatic heterocycles. The standard InChI is InChI=1S/C17H29N3O5S/c1-2-3-4-7-12(21)19-15(24)17(9-6-5-8-13(22)23)14-11(10-26-17)18-16(25)20-14/h11-12,14,21H,2-10H2,1H3,(H,19,24)(H,22,23)(H2,18,20,25)/t11-,12?,14-,17-/m0/s1.